The molecule has 6 heteroatoms. The molecule has 2 aromatic carbocycles. The van der Waals surface area contributed by atoms with Crippen molar-refractivity contribution in [1.82, 2.24) is 0 Å². The van der Waals surface area contributed by atoms with Crippen LogP contribution in [0.5, 0.6) is 23.0 Å². The van der Waals surface area contributed by atoms with Gasteiger partial charge in [0.1, 0.15) is 11.5 Å². The highest BCUT2D eigenvalue weighted by Crippen LogP contribution is 2.36. The van der Waals surface area contributed by atoms with Crippen molar-refractivity contribution < 1.29 is 29.2 Å². The average molecular weight is 344 g/mol. The molecule has 3 rings (SSSR count). The quantitative estimate of drug-likeness (QED) is 0.716. The van der Waals surface area contributed by atoms with E-state index < -0.39 is 5.97 Å². The predicted molar refractivity (Wildman–Crippen MR) is 90.7 cm³/mol. The molecule has 0 saturated carbocycles. The van der Waals surface area contributed by atoms with Crippen LogP contribution in [0.4, 0.5) is 0 Å². The Hall–Kier alpha value is -2.89. The van der Waals surface area contributed by atoms with Gasteiger partial charge in [-0.15, -0.1) is 0 Å². The van der Waals surface area contributed by atoms with Crippen molar-refractivity contribution in [3.8, 4) is 23.0 Å². The number of carboxylic acids is 1. The Morgan fingerprint density at radius 2 is 1.88 bits per heavy atom. The topological polar surface area (TPSA) is 85.2 Å². The number of hydrogen-bond donors (Lipinski definition) is 2. The van der Waals surface area contributed by atoms with Gasteiger partial charge in [-0.25, -0.2) is 0 Å². The summed E-state index contributed by atoms with van der Waals surface area (Å²) >= 11 is 0. The molecule has 0 saturated heterocycles. The number of ether oxygens (including phenoxy) is 3. The molecule has 132 valence electrons. The fourth-order valence-electron chi connectivity index (χ4n) is 2.62. The SMILES string of the molecule is O=C(O)Cc1ccc(OCCCOc2cc3c(cc2O)CCO3)cc1. The van der Waals surface area contributed by atoms with E-state index in [9.17, 15) is 9.90 Å². The Morgan fingerprint density at radius 1 is 1.12 bits per heavy atom. The minimum atomic E-state index is -0.856. The molecular weight excluding hydrogens is 324 g/mol. The molecule has 0 unspecified atom stereocenters. The lowest BCUT2D eigenvalue weighted by Crippen LogP contribution is -2.05. The number of phenols is 1. The normalized spacial score (nSPS) is 12.3. The summed E-state index contributed by atoms with van der Waals surface area (Å²) in [6.07, 6.45) is 1.46. The first kappa shape index (κ1) is 17.0. The number of carbonyl (C=O) groups is 1. The van der Waals surface area contributed by atoms with Crippen molar-refractivity contribution in [3.05, 3.63) is 47.5 Å². The van der Waals surface area contributed by atoms with Crippen molar-refractivity contribution in [1.29, 1.82) is 0 Å². The second-order valence-corrected chi connectivity index (χ2v) is 5.79. The van der Waals surface area contributed by atoms with Gasteiger partial charge in [0.2, 0.25) is 0 Å². The Labute approximate surface area is 145 Å². The van der Waals surface area contributed by atoms with Gasteiger partial charge in [-0.2, -0.15) is 0 Å². The predicted octanol–water partition coefficient (Wildman–Crippen LogP) is 2.80. The zero-order valence-electron chi connectivity index (χ0n) is 13.7. The van der Waals surface area contributed by atoms with Crippen molar-refractivity contribution in [3.63, 3.8) is 0 Å². The van der Waals surface area contributed by atoms with E-state index in [0.29, 0.717) is 37.7 Å². The molecule has 0 bridgehead atoms. The van der Waals surface area contributed by atoms with Crippen LogP contribution in [0.15, 0.2) is 36.4 Å². The van der Waals surface area contributed by atoms with Crippen LogP contribution < -0.4 is 14.2 Å². The Bertz CT molecular complexity index is 738. The van der Waals surface area contributed by atoms with E-state index in [4.69, 9.17) is 19.3 Å². The summed E-state index contributed by atoms with van der Waals surface area (Å²) in [5.41, 5.74) is 1.73. The van der Waals surface area contributed by atoms with Crippen LogP contribution in [0.25, 0.3) is 0 Å². The molecule has 1 aliphatic heterocycles. The Balaban J connectivity index is 1.41. The van der Waals surface area contributed by atoms with Gasteiger partial charge >= 0.3 is 5.97 Å². The van der Waals surface area contributed by atoms with E-state index in [-0.39, 0.29) is 12.2 Å². The molecule has 0 atom stereocenters. The lowest BCUT2D eigenvalue weighted by molar-refractivity contribution is -0.136. The molecule has 0 aromatic heterocycles. The highest BCUT2D eigenvalue weighted by Gasteiger charge is 2.16. The van der Waals surface area contributed by atoms with Gasteiger partial charge in [-0.3, -0.25) is 4.79 Å². The largest absolute Gasteiger partial charge is 0.504 e. The second-order valence-electron chi connectivity index (χ2n) is 5.79. The number of rotatable bonds is 8. The third-order valence-corrected chi connectivity index (χ3v) is 3.86. The van der Waals surface area contributed by atoms with Gasteiger partial charge in [0.05, 0.1) is 26.2 Å². The molecule has 25 heavy (non-hydrogen) atoms. The molecule has 0 fully saturated rings. The van der Waals surface area contributed by atoms with Crippen LogP contribution in [-0.2, 0) is 17.6 Å². The molecule has 0 amide bonds. The van der Waals surface area contributed by atoms with Crippen molar-refractivity contribution in [2.75, 3.05) is 19.8 Å². The van der Waals surface area contributed by atoms with E-state index in [2.05, 4.69) is 0 Å². The molecule has 0 radical (unpaired) electrons. The van der Waals surface area contributed by atoms with Crippen LogP contribution in [0.1, 0.15) is 17.5 Å². The summed E-state index contributed by atoms with van der Waals surface area (Å²) in [5, 5.41) is 18.7. The average Bonchev–Trinajstić information content (AvgIpc) is 3.02. The molecule has 2 N–H and O–H groups in total. The lowest BCUT2D eigenvalue weighted by Gasteiger charge is -2.11. The molecule has 0 spiro atoms. The molecule has 0 aliphatic carbocycles. The second kappa shape index (κ2) is 7.79. The van der Waals surface area contributed by atoms with Crippen molar-refractivity contribution >= 4 is 5.97 Å². The van der Waals surface area contributed by atoms with Gasteiger partial charge < -0.3 is 24.4 Å². The summed E-state index contributed by atoms with van der Waals surface area (Å²) in [4.78, 5) is 10.6. The molecular formula is C19H20O6. The maximum absolute atomic E-state index is 10.6. The number of benzene rings is 2. The van der Waals surface area contributed by atoms with E-state index in [1.807, 2.05) is 0 Å². The minimum absolute atomic E-state index is 0.00209. The third kappa shape index (κ3) is 4.56. The van der Waals surface area contributed by atoms with Gasteiger partial charge in [-0.05, 0) is 23.8 Å². The third-order valence-electron chi connectivity index (χ3n) is 3.86. The maximum Gasteiger partial charge on any atom is 0.307 e. The minimum Gasteiger partial charge on any atom is -0.504 e. The highest BCUT2D eigenvalue weighted by atomic mass is 16.5. The maximum atomic E-state index is 10.6. The first-order valence-electron chi connectivity index (χ1n) is 8.17. The number of aliphatic carboxylic acids is 1. The van der Waals surface area contributed by atoms with E-state index in [0.717, 1.165) is 23.3 Å². The summed E-state index contributed by atoms with van der Waals surface area (Å²) < 4.78 is 16.6. The highest BCUT2D eigenvalue weighted by molar-refractivity contribution is 5.70. The van der Waals surface area contributed by atoms with Gasteiger partial charge in [-0.1, -0.05) is 12.1 Å². The molecule has 2 aromatic rings. The Morgan fingerprint density at radius 3 is 2.64 bits per heavy atom. The number of phenolic OH excluding ortho intramolecular Hbond substituents is 1. The Kier molecular flexibility index (Phi) is 5.28. The van der Waals surface area contributed by atoms with E-state index in [1.54, 1.807) is 36.4 Å². The molecule has 1 aliphatic rings. The van der Waals surface area contributed by atoms with Gasteiger partial charge in [0.25, 0.3) is 0 Å². The zero-order chi connectivity index (χ0) is 17.6. The number of fused-ring (bicyclic) bond motifs is 1. The van der Waals surface area contributed by atoms with E-state index in [1.165, 1.54) is 0 Å². The van der Waals surface area contributed by atoms with Crippen LogP contribution in [0.2, 0.25) is 0 Å². The lowest BCUT2D eigenvalue weighted by atomic mass is 10.1. The van der Waals surface area contributed by atoms with Crippen molar-refractivity contribution in [2.24, 2.45) is 0 Å². The molecule has 6 nitrogen and oxygen atoms in total. The number of aromatic hydroxyl groups is 1. The summed E-state index contributed by atoms with van der Waals surface area (Å²) in [6.45, 7) is 1.50. The van der Waals surface area contributed by atoms with Crippen LogP contribution in [0.3, 0.4) is 0 Å². The molecule has 1 heterocycles. The standard InChI is InChI=1S/C19H20O6/c20-16-11-14-6-9-25-17(14)12-18(16)24-8-1-7-23-15-4-2-13(3-5-15)10-19(21)22/h2-5,11-12,20H,1,6-10H2,(H,21,22). The van der Waals surface area contributed by atoms with Crippen LogP contribution in [-0.4, -0.2) is 36.0 Å². The van der Waals surface area contributed by atoms with Crippen LogP contribution >= 0.6 is 0 Å². The van der Waals surface area contributed by atoms with Crippen LogP contribution in [0, 0.1) is 0 Å². The van der Waals surface area contributed by atoms with E-state index >= 15 is 0 Å². The van der Waals surface area contributed by atoms with Crippen molar-refractivity contribution in [2.45, 2.75) is 19.3 Å². The number of hydrogen-bond acceptors (Lipinski definition) is 5. The van der Waals surface area contributed by atoms with Gasteiger partial charge in [0, 0.05) is 24.5 Å². The summed E-state index contributed by atoms with van der Waals surface area (Å²) in [7, 11) is 0. The fourth-order valence-corrected chi connectivity index (χ4v) is 2.62. The first-order chi connectivity index (χ1) is 12.1. The summed E-state index contributed by atoms with van der Waals surface area (Å²) in [6, 6.07) is 10.4. The fraction of sp³-hybridized carbons (Fsp3) is 0.316. The smallest absolute Gasteiger partial charge is 0.307 e. The first-order valence-corrected chi connectivity index (χ1v) is 8.17. The van der Waals surface area contributed by atoms with Gasteiger partial charge in [0.15, 0.2) is 11.5 Å². The monoisotopic (exact) mass is 344 g/mol. The number of carboxylic acid groups (broad SMARTS) is 1. The summed E-state index contributed by atoms with van der Waals surface area (Å²) in [5.74, 6) is 1.14. The zero-order valence-corrected chi connectivity index (χ0v) is 13.7.